The second kappa shape index (κ2) is 19.7. The van der Waals surface area contributed by atoms with Crippen LogP contribution >= 0.6 is 0 Å². The smallest absolute Gasteiger partial charge is 0.203 e. The van der Waals surface area contributed by atoms with Gasteiger partial charge in [0.25, 0.3) is 0 Å². The molecule has 28 atom stereocenters. The molecule has 13 N–H and O–H groups in total. The molecule has 1 saturated carbocycles. The molecule has 4 aliphatic carbocycles. The molecular formula is C47H70O24. The van der Waals surface area contributed by atoms with E-state index in [1.54, 1.807) is 6.92 Å². The Kier molecular flexibility index (Phi) is 14.6. The summed E-state index contributed by atoms with van der Waals surface area (Å²) in [5.74, 6) is -4.60. The number of ketones is 1. The highest BCUT2D eigenvalue weighted by Crippen LogP contribution is 2.64. The zero-order chi connectivity index (χ0) is 50.8. The minimum Gasteiger partial charge on any atom is -0.396 e. The Labute approximate surface area is 408 Å². The molecule has 24 nitrogen and oxygen atoms in total. The van der Waals surface area contributed by atoms with E-state index >= 15 is 0 Å². The lowest BCUT2D eigenvalue weighted by molar-refractivity contribution is -0.387. The molecule has 1 spiro atoms. The standard InChI is InChI=1S/C47H70O24/c1-16-11-65-47(39(59)29(16)53)23(10-48)28-21-6-7-22-20(27(21)32(56)36(28)71-47)5-4-18-8-19(50)9-26(45(18,22)3)67-43-38(35(25(52)13-63-43)68-41-33(57)31(55)24(51)12-62-41)70-42-34(58)37(30(54)17(2)66-42)69-44-40(60)46(61,14-49)15-64-44/h4,16-17,19-20,22-26,28-31,33-44,48-55,57-61H,5-15H2,1-3H3/t16-,17-,19?,20?,22?,23-,24+,25-,26?,28?,29+,30-,31-,33+,34+,35-,36?,37+,38+,39-,40-,41-,42-,43-,44-,45?,46+,47-/m0/s1. The molecule has 24 heteroatoms. The predicted octanol–water partition coefficient (Wildman–Crippen LogP) is -5.30. The Balaban J connectivity index is 0.948. The highest BCUT2D eigenvalue weighted by molar-refractivity contribution is 6.04. The maximum Gasteiger partial charge on any atom is 0.203 e. The van der Waals surface area contributed by atoms with Crippen LogP contribution in [0.2, 0.25) is 0 Å². The number of allylic oxidation sites excluding steroid dienone is 1. The Morgan fingerprint density at radius 2 is 1.45 bits per heavy atom. The van der Waals surface area contributed by atoms with Crippen LogP contribution in [0.4, 0.5) is 0 Å². The van der Waals surface area contributed by atoms with Gasteiger partial charge < -0.3 is 114 Å². The first-order valence-corrected chi connectivity index (χ1v) is 24.8. The zero-order valence-electron chi connectivity index (χ0n) is 39.6. The van der Waals surface area contributed by atoms with Crippen molar-refractivity contribution in [3.8, 4) is 0 Å². The summed E-state index contributed by atoms with van der Waals surface area (Å²) in [6, 6.07) is 0. The lowest BCUT2D eigenvalue weighted by atomic mass is 9.51. The van der Waals surface area contributed by atoms with Crippen LogP contribution < -0.4 is 0 Å². The number of Topliss-reactive ketones (excluding diaryl/α,β-unsaturated/α-hetero) is 1. The van der Waals surface area contributed by atoms with E-state index in [2.05, 4.69) is 0 Å². The highest BCUT2D eigenvalue weighted by atomic mass is 16.8. The van der Waals surface area contributed by atoms with Crippen LogP contribution in [0, 0.1) is 35.0 Å². The van der Waals surface area contributed by atoms with Gasteiger partial charge >= 0.3 is 0 Å². The first kappa shape index (κ1) is 52.7. The minimum absolute atomic E-state index is 0.0501. The summed E-state index contributed by atoms with van der Waals surface area (Å²) in [6.07, 6.45) is -26.3. The number of carbonyl (C=O) groups excluding carboxylic acids is 1. The van der Waals surface area contributed by atoms with Gasteiger partial charge in [-0.2, -0.15) is 0 Å². The fraction of sp³-hybridized carbons (Fsp3) is 0.894. The lowest BCUT2D eigenvalue weighted by Gasteiger charge is -2.57. The molecule has 0 aromatic rings. The largest absolute Gasteiger partial charge is 0.396 e. The van der Waals surface area contributed by atoms with Gasteiger partial charge in [0.05, 0.1) is 64.1 Å². The first-order chi connectivity index (χ1) is 33.7. The van der Waals surface area contributed by atoms with Crippen LogP contribution in [-0.4, -0.2) is 246 Å². The summed E-state index contributed by atoms with van der Waals surface area (Å²) in [5.41, 5.74) is -0.758. The van der Waals surface area contributed by atoms with Crippen molar-refractivity contribution in [1.82, 2.24) is 0 Å². The van der Waals surface area contributed by atoms with Crippen LogP contribution in [-0.2, 0) is 52.2 Å². The quantitative estimate of drug-likeness (QED) is 0.0909. The van der Waals surface area contributed by atoms with Gasteiger partial charge in [0.2, 0.25) is 5.79 Å². The summed E-state index contributed by atoms with van der Waals surface area (Å²) < 4.78 is 61.0. The molecule has 6 aliphatic heterocycles. The number of fused-ring (bicyclic) bond motifs is 6. The summed E-state index contributed by atoms with van der Waals surface area (Å²) in [6.45, 7) is 2.37. The molecule has 7 unspecified atom stereocenters. The van der Waals surface area contributed by atoms with Crippen molar-refractivity contribution in [1.29, 1.82) is 0 Å². The van der Waals surface area contributed by atoms with Crippen molar-refractivity contribution >= 4 is 5.78 Å². The Hall–Kier alpha value is -1.77. The van der Waals surface area contributed by atoms with Crippen molar-refractivity contribution in [2.75, 3.05) is 39.6 Å². The number of aliphatic hydroxyl groups excluding tert-OH is 12. The van der Waals surface area contributed by atoms with Crippen LogP contribution in [0.25, 0.3) is 0 Å². The maximum absolute atomic E-state index is 14.7. The summed E-state index contributed by atoms with van der Waals surface area (Å²) in [4.78, 5) is 14.7. The number of ether oxygens (including phenoxy) is 10. The Bertz CT molecular complexity index is 2030. The van der Waals surface area contributed by atoms with Gasteiger partial charge in [-0.1, -0.05) is 31.1 Å². The number of hydrogen-bond donors (Lipinski definition) is 13. The van der Waals surface area contributed by atoms with Gasteiger partial charge in [0.15, 0.2) is 30.9 Å². The van der Waals surface area contributed by atoms with E-state index in [1.807, 2.05) is 13.0 Å². The molecule has 10 aliphatic rings. The normalized spacial score (nSPS) is 55.2. The monoisotopic (exact) mass is 1020 g/mol. The zero-order valence-corrected chi connectivity index (χ0v) is 39.6. The second-order valence-electron chi connectivity index (χ2n) is 21.7. The van der Waals surface area contributed by atoms with Crippen molar-refractivity contribution in [3.05, 3.63) is 22.8 Å². The van der Waals surface area contributed by atoms with Crippen LogP contribution in [0.15, 0.2) is 22.8 Å². The summed E-state index contributed by atoms with van der Waals surface area (Å²) >= 11 is 0. The van der Waals surface area contributed by atoms with E-state index in [4.69, 9.17) is 47.4 Å². The number of rotatable bonds is 10. The molecule has 6 saturated heterocycles. The van der Waals surface area contributed by atoms with Gasteiger partial charge in [-0.15, -0.1) is 0 Å². The van der Waals surface area contributed by atoms with E-state index in [1.165, 1.54) is 6.92 Å². The molecule has 6 heterocycles. The molecule has 0 radical (unpaired) electrons. The summed E-state index contributed by atoms with van der Waals surface area (Å²) in [7, 11) is 0. The second-order valence-corrected chi connectivity index (χ2v) is 21.7. The molecule has 0 amide bonds. The van der Waals surface area contributed by atoms with Crippen molar-refractivity contribution < 1.29 is 119 Å². The molecular weight excluding hydrogens is 948 g/mol. The molecule has 0 aromatic heterocycles. The van der Waals surface area contributed by atoms with Crippen molar-refractivity contribution in [3.63, 3.8) is 0 Å². The SMILES string of the molecule is C[C@@H]1O[C@@H](O[C@H]2[C@H](OC3CC(O)CC4=CCC5C6=C(CCC5C43C)C3C(O[C@@]4(OC[C@H](C)[C@@H](O)[C@@H]4O)[C@H]3CO)C6=O)OC[C@H](O)[C@@H]2O[C@@H]2OC[C@@H](O)[C@H](O)[C@H]2O)[C@H](O)[C@H](O[C@@H]2OC[C@](O)(CO)[C@H]2O)[C@H]1O. The predicted molar refractivity (Wildman–Crippen MR) is 230 cm³/mol. The van der Waals surface area contributed by atoms with Gasteiger partial charge in [0.1, 0.15) is 78.8 Å². The Morgan fingerprint density at radius 1 is 0.746 bits per heavy atom. The molecule has 0 bridgehead atoms. The average molecular weight is 1020 g/mol. The first-order valence-electron chi connectivity index (χ1n) is 24.8. The van der Waals surface area contributed by atoms with E-state index in [-0.39, 0.29) is 30.6 Å². The molecule has 7 fully saturated rings. The summed E-state index contributed by atoms with van der Waals surface area (Å²) in [5, 5.41) is 142. The lowest BCUT2D eigenvalue weighted by Crippen LogP contribution is -2.65. The topological polar surface area (TPSA) is 372 Å². The highest BCUT2D eigenvalue weighted by Gasteiger charge is 2.69. The third-order valence-electron chi connectivity index (χ3n) is 17.6. The average Bonchev–Trinajstić information content (AvgIpc) is 3.94. The number of aliphatic hydroxyl groups is 13. The molecule has 10 rings (SSSR count). The fourth-order valence-corrected chi connectivity index (χ4v) is 13.4. The fourth-order valence-electron chi connectivity index (χ4n) is 13.4. The van der Waals surface area contributed by atoms with Gasteiger partial charge in [-0.05, 0) is 44.4 Å². The number of carbonyl (C=O) groups is 1. The van der Waals surface area contributed by atoms with Crippen molar-refractivity contribution in [2.24, 2.45) is 35.0 Å². The van der Waals surface area contributed by atoms with Gasteiger partial charge in [0, 0.05) is 35.2 Å². The van der Waals surface area contributed by atoms with E-state index in [0.29, 0.717) is 31.3 Å². The maximum atomic E-state index is 14.7. The third-order valence-corrected chi connectivity index (χ3v) is 17.6. The minimum atomic E-state index is -2.11. The van der Waals surface area contributed by atoms with E-state index < -0.39 is 190 Å². The molecule has 71 heavy (non-hydrogen) atoms. The van der Waals surface area contributed by atoms with Gasteiger partial charge in [-0.3, -0.25) is 4.79 Å². The van der Waals surface area contributed by atoms with Crippen LogP contribution in [0.1, 0.15) is 52.9 Å². The molecule has 0 aromatic carbocycles. The van der Waals surface area contributed by atoms with Crippen LogP contribution in [0.5, 0.6) is 0 Å². The molecule has 402 valence electrons. The number of hydrogen-bond acceptors (Lipinski definition) is 24. The van der Waals surface area contributed by atoms with E-state index in [9.17, 15) is 71.2 Å². The third kappa shape index (κ3) is 8.45. The van der Waals surface area contributed by atoms with Crippen LogP contribution in [0.3, 0.4) is 0 Å². The van der Waals surface area contributed by atoms with E-state index in [0.717, 1.165) is 11.1 Å². The van der Waals surface area contributed by atoms with Gasteiger partial charge in [-0.25, -0.2) is 0 Å². The Morgan fingerprint density at radius 3 is 2.17 bits per heavy atom. The van der Waals surface area contributed by atoms with Crippen molar-refractivity contribution in [2.45, 2.75) is 187 Å².